The van der Waals surface area contributed by atoms with Crippen LogP contribution in [0.4, 0.5) is 0 Å². The van der Waals surface area contributed by atoms with Gasteiger partial charge in [0.2, 0.25) is 6.23 Å². The van der Waals surface area contributed by atoms with Crippen molar-refractivity contribution in [3.8, 4) is 0 Å². The van der Waals surface area contributed by atoms with Crippen LogP contribution in [0.2, 0.25) is 0 Å². The van der Waals surface area contributed by atoms with Crippen LogP contribution >= 0.6 is 0 Å². The second kappa shape index (κ2) is 2.86. The van der Waals surface area contributed by atoms with Crippen molar-refractivity contribution < 1.29 is 9.53 Å². The molecule has 60 valence electrons. The molecule has 1 atom stereocenters. The van der Waals surface area contributed by atoms with Crippen molar-refractivity contribution in [2.75, 3.05) is 0 Å². The van der Waals surface area contributed by atoms with Crippen molar-refractivity contribution in [2.45, 2.75) is 26.5 Å². The van der Waals surface area contributed by atoms with Crippen LogP contribution in [-0.4, -0.2) is 17.9 Å². The van der Waals surface area contributed by atoms with Gasteiger partial charge in [0.15, 0.2) is 0 Å². The largest absolute Gasteiger partial charge is 0.431 e. The van der Waals surface area contributed by atoms with Gasteiger partial charge in [0.1, 0.15) is 5.71 Å². The predicted molar refractivity (Wildman–Crippen MR) is 42.4 cm³/mol. The Labute approximate surface area is 65.8 Å². The zero-order chi connectivity index (χ0) is 8.43. The quantitative estimate of drug-likeness (QED) is 0.443. The molecule has 0 aliphatic carbocycles. The number of cyclic esters (lactones) is 1. The SMILES string of the molecule is C=C(C)C1N=C(CC)C(=O)O1. The molecule has 0 aromatic heterocycles. The highest BCUT2D eigenvalue weighted by Gasteiger charge is 2.25. The lowest BCUT2D eigenvalue weighted by Crippen LogP contribution is -2.11. The van der Waals surface area contributed by atoms with Gasteiger partial charge in [0.05, 0.1) is 0 Å². The Morgan fingerprint density at radius 1 is 1.82 bits per heavy atom. The lowest BCUT2D eigenvalue weighted by Gasteiger charge is -2.03. The number of ether oxygens (including phenoxy) is 1. The van der Waals surface area contributed by atoms with Crippen molar-refractivity contribution >= 4 is 11.7 Å². The van der Waals surface area contributed by atoms with Gasteiger partial charge in [-0.25, -0.2) is 9.79 Å². The monoisotopic (exact) mass is 153 g/mol. The third-order valence-electron chi connectivity index (χ3n) is 1.48. The summed E-state index contributed by atoms with van der Waals surface area (Å²) in [4.78, 5) is 15.0. The van der Waals surface area contributed by atoms with Gasteiger partial charge < -0.3 is 4.74 Å². The van der Waals surface area contributed by atoms with Gasteiger partial charge in [-0.2, -0.15) is 0 Å². The molecule has 0 saturated heterocycles. The van der Waals surface area contributed by atoms with E-state index in [0.29, 0.717) is 12.1 Å². The van der Waals surface area contributed by atoms with Crippen LogP contribution in [0.5, 0.6) is 0 Å². The van der Waals surface area contributed by atoms with Crippen LogP contribution in [0.25, 0.3) is 0 Å². The van der Waals surface area contributed by atoms with E-state index in [9.17, 15) is 4.79 Å². The first-order valence-corrected chi connectivity index (χ1v) is 3.58. The molecular weight excluding hydrogens is 142 g/mol. The molecule has 1 rings (SSSR count). The summed E-state index contributed by atoms with van der Waals surface area (Å²) in [6.07, 6.45) is 0.195. The van der Waals surface area contributed by atoms with Crippen molar-refractivity contribution in [3.63, 3.8) is 0 Å². The molecule has 1 unspecified atom stereocenters. The van der Waals surface area contributed by atoms with Gasteiger partial charge in [0.25, 0.3) is 0 Å². The summed E-state index contributed by atoms with van der Waals surface area (Å²) < 4.78 is 4.88. The molecule has 1 aliphatic heterocycles. The number of rotatable bonds is 2. The highest BCUT2D eigenvalue weighted by Crippen LogP contribution is 2.14. The molecule has 3 nitrogen and oxygen atoms in total. The summed E-state index contributed by atoms with van der Waals surface area (Å²) >= 11 is 0. The first-order chi connectivity index (χ1) is 5.15. The summed E-state index contributed by atoms with van der Waals surface area (Å²) in [6, 6.07) is 0. The Bertz CT molecular complexity index is 230. The smallest absolute Gasteiger partial charge is 0.354 e. The Morgan fingerprint density at radius 2 is 2.45 bits per heavy atom. The highest BCUT2D eigenvalue weighted by molar-refractivity contribution is 6.37. The van der Waals surface area contributed by atoms with Crippen LogP contribution in [-0.2, 0) is 9.53 Å². The zero-order valence-electron chi connectivity index (χ0n) is 6.76. The summed E-state index contributed by atoms with van der Waals surface area (Å²) in [7, 11) is 0. The molecule has 0 N–H and O–H groups in total. The second-order valence-electron chi connectivity index (χ2n) is 2.53. The average molecular weight is 153 g/mol. The van der Waals surface area contributed by atoms with Gasteiger partial charge >= 0.3 is 5.97 Å². The van der Waals surface area contributed by atoms with Gasteiger partial charge in [-0.3, -0.25) is 0 Å². The van der Waals surface area contributed by atoms with E-state index in [0.717, 1.165) is 5.57 Å². The lowest BCUT2D eigenvalue weighted by atomic mass is 10.3. The molecular formula is C8H11NO2. The van der Waals surface area contributed by atoms with E-state index in [1.807, 2.05) is 6.92 Å². The standard InChI is InChI=1S/C8H11NO2/c1-4-6-8(10)11-7(9-6)5(2)3/h7H,2,4H2,1,3H3. The average Bonchev–Trinajstić information content (AvgIpc) is 2.31. The molecule has 0 amide bonds. The molecule has 0 fully saturated rings. The van der Waals surface area contributed by atoms with Gasteiger partial charge in [-0.15, -0.1) is 0 Å². The van der Waals surface area contributed by atoms with Crippen LogP contribution < -0.4 is 0 Å². The van der Waals surface area contributed by atoms with Crippen LogP contribution in [0.1, 0.15) is 20.3 Å². The van der Waals surface area contributed by atoms with Crippen molar-refractivity contribution in [3.05, 3.63) is 12.2 Å². The molecule has 3 heteroatoms. The Hall–Kier alpha value is -1.12. The lowest BCUT2D eigenvalue weighted by molar-refractivity contribution is -0.136. The number of hydrogen-bond donors (Lipinski definition) is 0. The molecule has 0 radical (unpaired) electrons. The van der Waals surface area contributed by atoms with E-state index in [4.69, 9.17) is 4.74 Å². The molecule has 1 aliphatic rings. The maximum Gasteiger partial charge on any atom is 0.354 e. The molecule has 1 heterocycles. The minimum absolute atomic E-state index is 0.305. The van der Waals surface area contributed by atoms with Crippen molar-refractivity contribution in [1.29, 1.82) is 0 Å². The fourth-order valence-corrected chi connectivity index (χ4v) is 0.836. The zero-order valence-corrected chi connectivity index (χ0v) is 6.76. The molecule has 11 heavy (non-hydrogen) atoms. The van der Waals surface area contributed by atoms with E-state index in [2.05, 4.69) is 11.6 Å². The molecule has 0 aromatic rings. The number of hydrogen-bond acceptors (Lipinski definition) is 3. The second-order valence-corrected chi connectivity index (χ2v) is 2.53. The number of nitrogens with zero attached hydrogens (tertiary/aromatic N) is 1. The van der Waals surface area contributed by atoms with Gasteiger partial charge in [0, 0.05) is 0 Å². The van der Waals surface area contributed by atoms with Crippen molar-refractivity contribution in [1.82, 2.24) is 0 Å². The normalized spacial score (nSPS) is 22.9. The topological polar surface area (TPSA) is 38.7 Å². The predicted octanol–water partition coefficient (Wildman–Crippen LogP) is 1.30. The van der Waals surface area contributed by atoms with Gasteiger partial charge in [-0.1, -0.05) is 13.5 Å². The maximum absolute atomic E-state index is 10.9. The minimum atomic E-state index is -0.433. The van der Waals surface area contributed by atoms with Gasteiger partial charge in [-0.05, 0) is 18.9 Å². The maximum atomic E-state index is 10.9. The van der Waals surface area contributed by atoms with Crippen LogP contribution in [0.3, 0.4) is 0 Å². The molecule has 0 bridgehead atoms. The van der Waals surface area contributed by atoms with E-state index >= 15 is 0 Å². The highest BCUT2D eigenvalue weighted by atomic mass is 16.6. The van der Waals surface area contributed by atoms with E-state index in [1.165, 1.54) is 0 Å². The summed E-state index contributed by atoms with van der Waals surface area (Å²) in [5, 5.41) is 0. The van der Waals surface area contributed by atoms with E-state index in [1.54, 1.807) is 6.92 Å². The Kier molecular flexibility index (Phi) is 2.08. The number of aliphatic imine (C=N–C) groups is 1. The Morgan fingerprint density at radius 3 is 2.73 bits per heavy atom. The number of carbonyl (C=O) groups excluding carboxylic acids is 1. The van der Waals surface area contributed by atoms with E-state index < -0.39 is 6.23 Å². The minimum Gasteiger partial charge on any atom is -0.431 e. The number of carbonyl (C=O) groups is 1. The first-order valence-electron chi connectivity index (χ1n) is 3.58. The first kappa shape index (κ1) is 7.98. The van der Waals surface area contributed by atoms with E-state index in [-0.39, 0.29) is 5.97 Å². The molecule has 0 spiro atoms. The third-order valence-corrected chi connectivity index (χ3v) is 1.48. The summed E-state index contributed by atoms with van der Waals surface area (Å²) in [6.45, 7) is 7.32. The fourth-order valence-electron chi connectivity index (χ4n) is 0.836. The fraction of sp³-hybridized carbons (Fsp3) is 0.500. The third kappa shape index (κ3) is 1.48. The molecule has 0 saturated carbocycles. The van der Waals surface area contributed by atoms with Crippen LogP contribution in [0.15, 0.2) is 17.1 Å². The number of esters is 1. The summed E-state index contributed by atoms with van der Waals surface area (Å²) in [5.41, 5.74) is 1.28. The van der Waals surface area contributed by atoms with Crippen molar-refractivity contribution in [2.24, 2.45) is 4.99 Å². The Balaban J connectivity index is 2.74. The summed E-state index contributed by atoms with van der Waals surface area (Å²) in [5.74, 6) is -0.305. The van der Waals surface area contributed by atoms with Crippen LogP contribution in [0, 0.1) is 0 Å². The molecule has 0 aromatic carbocycles.